The van der Waals surface area contributed by atoms with E-state index in [2.05, 4.69) is 5.32 Å². The van der Waals surface area contributed by atoms with E-state index in [1.54, 1.807) is 0 Å². The summed E-state index contributed by atoms with van der Waals surface area (Å²) in [6.07, 6.45) is 3.03. The Labute approximate surface area is 166 Å². The highest BCUT2D eigenvalue weighted by Gasteiger charge is 2.41. The first kappa shape index (κ1) is 21.5. The Morgan fingerprint density at radius 3 is 2.64 bits per heavy atom. The van der Waals surface area contributed by atoms with E-state index in [0.29, 0.717) is 39.2 Å². The van der Waals surface area contributed by atoms with Crippen LogP contribution in [0.15, 0.2) is 0 Å². The zero-order valence-corrected chi connectivity index (χ0v) is 16.8. The molecule has 0 bridgehead atoms. The number of ether oxygens (including phenoxy) is 3. The molecule has 28 heavy (non-hydrogen) atoms. The van der Waals surface area contributed by atoms with Crippen molar-refractivity contribution >= 4 is 11.8 Å². The Kier molecular flexibility index (Phi) is 8.08. The van der Waals surface area contributed by atoms with Crippen molar-refractivity contribution in [3.05, 3.63) is 0 Å². The largest absolute Gasteiger partial charge is 0.389 e. The number of nitrogens with zero attached hydrogens (tertiary/aromatic N) is 1. The van der Waals surface area contributed by atoms with E-state index in [9.17, 15) is 14.7 Å². The van der Waals surface area contributed by atoms with Crippen LogP contribution in [0.25, 0.3) is 0 Å². The second-order valence-corrected chi connectivity index (χ2v) is 8.06. The molecule has 0 aromatic rings. The predicted molar refractivity (Wildman–Crippen MR) is 102 cm³/mol. The van der Waals surface area contributed by atoms with Crippen LogP contribution in [0.3, 0.4) is 0 Å². The van der Waals surface area contributed by atoms with Crippen molar-refractivity contribution in [2.24, 2.45) is 5.92 Å². The summed E-state index contributed by atoms with van der Waals surface area (Å²) < 4.78 is 17.2. The van der Waals surface area contributed by atoms with E-state index < -0.39 is 6.10 Å². The summed E-state index contributed by atoms with van der Waals surface area (Å²) >= 11 is 0. The molecule has 2 amide bonds. The van der Waals surface area contributed by atoms with E-state index in [0.717, 1.165) is 25.7 Å². The normalized spacial score (nSPS) is 32.1. The number of β-amino-alcohol motifs (C(OH)–C–C–N with tert-alkyl or cyclic N) is 1. The highest BCUT2D eigenvalue weighted by molar-refractivity contribution is 5.79. The summed E-state index contributed by atoms with van der Waals surface area (Å²) in [5, 5.41) is 13.1. The number of rotatable bonds is 5. The van der Waals surface area contributed by atoms with Gasteiger partial charge in [-0.1, -0.05) is 6.92 Å². The van der Waals surface area contributed by atoms with E-state index in [4.69, 9.17) is 14.2 Å². The van der Waals surface area contributed by atoms with Gasteiger partial charge in [0.2, 0.25) is 11.8 Å². The number of aliphatic hydroxyl groups excluding tert-OH is 1. The van der Waals surface area contributed by atoms with Gasteiger partial charge < -0.3 is 29.5 Å². The SMILES string of the molecule is CCCNC(=O)C[C@@H]1CC[C@@H]2[C@H](COC[C@H](O)CN2C(=O)C2CCOCC2)O1. The summed E-state index contributed by atoms with van der Waals surface area (Å²) in [5.41, 5.74) is 0. The van der Waals surface area contributed by atoms with Crippen LogP contribution in [-0.2, 0) is 23.8 Å². The molecule has 4 atom stereocenters. The average Bonchev–Trinajstić information content (AvgIpc) is 2.70. The average molecular weight is 399 g/mol. The lowest BCUT2D eigenvalue weighted by molar-refractivity contribution is -0.173. The molecule has 3 saturated heterocycles. The minimum Gasteiger partial charge on any atom is -0.389 e. The monoisotopic (exact) mass is 398 g/mol. The van der Waals surface area contributed by atoms with Gasteiger partial charge in [0, 0.05) is 32.2 Å². The zero-order valence-electron chi connectivity index (χ0n) is 16.8. The van der Waals surface area contributed by atoms with Gasteiger partial charge in [-0.15, -0.1) is 0 Å². The van der Waals surface area contributed by atoms with Gasteiger partial charge in [0.25, 0.3) is 0 Å². The van der Waals surface area contributed by atoms with Crippen LogP contribution >= 0.6 is 0 Å². The molecule has 0 radical (unpaired) electrons. The zero-order chi connectivity index (χ0) is 19.9. The molecular formula is C20H34N2O6. The first-order chi connectivity index (χ1) is 13.6. The highest BCUT2D eigenvalue weighted by Crippen LogP contribution is 2.30. The van der Waals surface area contributed by atoms with Crippen molar-refractivity contribution in [3.63, 3.8) is 0 Å². The number of nitrogens with one attached hydrogen (secondary N) is 1. The standard InChI is InChI=1S/C20H34N2O6/c1-2-7-21-19(24)10-16-3-4-17-18(28-16)13-27-12-15(23)11-22(17)20(25)14-5-8-26-9-6-14/h14-18,23H,2-13H2,1H3,(H,21,24)/t15-,16+,17-,18+/m1/s1. The van der Waals surface area contributed by atoms with Crippen LogP contribution in [0.4, 0.5) is 0 Å². The maximum absolute atomic E-state index is 13.2. The Morgan fingerprint density at radius 2 is 1.89 bits per heavy atom. The molecule has 0 spiro atoms. The fraction of sp³-hybridized carbons (Fsp3) is 0.900. The van der Waals surface area contributed by atoms with Gasteiger partial charge >= 0.3 is 0 Å². The van der Waals surface area contributed by atoms with Crippen molar-refractivity contribution in [1.82, 2.24) is 10.2 Å². The third-order valence-electron chi connectivity index (χ3n) is 5.82. The van der Waals surface area contributed by atoms with Gasteiger partial charge in [-0.05, 0) is 32.1 Å². The lowest BCUT2D eigenvalue weighted by Gasteiger charge is -2.45. The Hall–Kier alpha value is -1.22. The number of carbonyl (C=O) groups is 2. The molecule has 3 heterocycles. The summed E-state index contributed by atoms with van der Waals surface area (Å²) in [4.78, 5) is 27.1. The number of fused-ring (bicyclic) bond motifs is 1. The van der Waals surface area contributed by atoms with Crippen molar-refractivity contribution in [3.8, 4) is 0 Å². The van der Waals surface area contributed by atoms with Gasteiger partial charge in [-0.2, -0.15) is 0 Å². The molecule has 0 aliphatic carbocycles. The number of aliphatic hydroxyl groups is 1. The number of hydrogen-bond acceptors (Lipinski definition) is 6. The fourth-order valence-corrected chi connectivity index (χ4v) is 4.32. The van der Waals surface area contributed by atoms with Gasteiger partial charge in [-0.25, -0.2) is 0 Å². The van der Waals surface area contributed by atoms with E-state index in [1.165, 1.54) is 0 Å². The quantitative estimate of drug-likeness (QED) is 0.699. The van der Waals surface area contributed by atoms with Crippen LogP contribution in [0.5, 0.6) is 0 Å². The van der Waals surface area contributed by atoms with Crippen LogP contribution in [0, 0.1) is 5.92 Å². The summed E-state index contributed by atoms with van der Waals surface area (Å²) in [6, 6.07) is -0.125. The molecule has 3 fully saturated rings. The Morgan fingerprint density at radius 1 is 1.11 bits per heavy atom. The molecule has 2 N–H and O–H groups in total. The van der Waals surface area contributed by atoms with Crippen molar-refractivity contribution in [1.29, 1.82) is 0 Å². The van der Waals surface area contributed by atoms with Gasteiger partial charge in [-0.3, -0.25) is 9.59 Å². The lowest BCUT2D eigenvalue weighted by atomic mass is 9.91. The van der Waals surface area contributed by atoms with Crippen molar-refractivity contribution in [2.75, 3.05) is 39.5 Å². The highest BCUT2D eigenvalue weighted by atomic mass is 16.5. The van der Waals surface area contributed by atoms with Crippen LogP contribution in [-0.4, -0.2) is 85.7 Å². The molecule has 8 nitrogen and oxygen atoms in total. The third kappa shape index (κ3) is 5.65. The van der Waals surface area contributed by atoms with E-state index >= 15 is 0 Å². The molecule has 8 heteroatoms. The Balaban J connectivity index is 1.64. The molecule has 3 rings (SSSR count). The van der Waals surface area contributed by atoms with E-state index in [1.807, 2.05) is 11.8 Å². The second-order valence-electron chi connectivity index (χ2n) is 8.06. The molecule has 3 aliphatic heterocycles. The summed E-state index contributed by atoms with van der Waals surface area (Å²) in [6.45, 7) is 4.68. The molecule has 3 aliphatic rings. The molecule has 0 unspecified atom stereocenters. The van der Waals surface area contributed by atoms with Crippen molar-refractivity contribution < 1.29 is 28.9 Å². The fourth-order valence-electron chi connectivity index (χ4n) is 4.32. The summed E-state index contributed by atoms with van der Waals surface area (Å²) in [7, 11) is 0. The summed E-state index contributed by atoms with van der Waals surface area (Å²) in [5.74, 6) is 0.0316. The Bertz CT molecular complexity index is 525. The molecule has 0 saturated carbocycles. The molecule has 160 valence electrons. The number of carbonyl (C=O) groups excluding carboxylic acids is 2. The minimum absolute atomic E-state index is 0.00243. The van der Waals surface area contributed by atoms with E-state index in [-0.39, 0.29) is 49.1 Å². The van der Waals surface area contributed by atoms with Crippen LogP contribution in [0.2, 0.25) is 0 Å². The lowest BCUT2D eigenvalue weighted by Crippen LogP contribution is -2.58. The topological polar surface area (TPSA) is 97.3 Å². The maximum Gasteiger partial charge on any atom is 0.226 e. The van der Waals surface area contributed by atoms with Gasteiger partial charge in [0.15, 0.2) is 0 Å². The molecule has 0 aromatic carbocycles. The van der Waals surface area contributed by atoms with Crippen LogP contribution < -0.4 is 5.32 Å². The van der Waals surface area contributed by atoms with Crippen molar-refractivity contribution in [2.45, 2.75) is 69.8 Å². The smallest absolute Gasteiger partial charge is 0.226 e. The number of amides is 2. The first-order valence-electron chi connectivity index (χ1n) is 10.6. The number of hydrogen-bond donors (Lipinski definition) is 2. The van der Waals surface area contributed by atoms with Gasteiger partial charge in [0.1, 0.15) is 6.10 Å². The second kappa shape index (κ2) is 10.5. The first-order valence-corrected chi connectivity index (χ1v) is 10.6. The molecule has 0 aromatic heterocycles. The minimum atomic E-state index is -0.692. The third-order valence-corrected chi connectivity index (χ3v) is 5.82. The molecular weight excluding hydrogens is 364 g/mol. The maximum atomic E-state index is 13.2. The van der Waals surface area contributed by atoms with Crippen LogP contribution in [0.1, 0.15) is 45.4 Å². The van der Waals surface area contributed by atoms with Gasteiger partial charge in [0.05, 0.1) is 37.9 Å². The predicted octanol–water partition coefficient (Wildman–Crippen LogP) is 0.465.